The Kier molecular flexibility index (Phi) is 6.93. The third-order valence-corrected chi connectivity index (χ3v) is 7.02. The molecule has 3 aromatic carbocycles. The zero-order chi connectivity index (χ0) is 25.9. The molecule has 2 heterocycles. The number of carbonyl (C=O) groups is 2. The Morgan fingerprint density at radius 3 is 1.76 bits per heavy atom. The molecule has 37 heavy (non-hydrogen) atoms. The van der Waals surface area contributed by atoms with Crippen LogP contribution in [0, 0.1) is 13.8 Å². The molecule has 6 nitrogen and oxygen atoms in total. The largest absolute Gasteiger partial charge is 0.393 e. The van der Waals surface area contributed by atoms with E-state index >= 15 is 0 Å². The summed E-state index contributed by atoms with van der Waals surface area (Å²) in [6.07, 6.45) is 1.31. The van der Waals surface area contributed by atoms with Crippen LogP contribution in [0.1, 0.15) is 50.5 Å². The average Bonchev–Trinajstić information content (AvgIpc) is 3.27. The first kappa shape index (κ1) is 24.5. The number of hydrogen-bond acceptors (Lipinski definition) is 4. The highest BCUT2D eigenvalue weighted by Crippen LogP contribution is 2.22. The predicted molar refractivity (Wildman–Crippen MR) is 147 cm³/mol. The van der Waals surface area contributed by atoms with Crippen molar-refractivity contribution in [1.29, 1.82) is 0 Å². The van der Waals surface area contributed by atoms with E-state index in [9.17, 15) is 14.7 Å². The van der Waals surface area contributed by atoms with Crippen LogP contribution in [0.15, 0.2) is 84.9 Å². The topological polar surface area (TPSA) is 74.6 Å². The van der Waals surface area contributed by atoms with Crippen molar-refractivity contribution in [1.82, 2.24) is 4.57 Å². The molecule has 5 rings (SSSR count). The lowest BCUT2D eigenvalue weighted by Crippen LogP contribution is -2.35. The molecule has 1 aliphatic heterocycles. The lowest BCUT2D eigenvalue weighted by molar-refractivity contribution is 0.102. The van der Waals surface area contributed by atoms with Crippen LogP contribution in [0.3, 0.4) is 0 Å². The maximum Gasteiger partial charge on any atom is 0.255 e. The lowest BCUT2D eigenvalue weighted by atomic mass is 10.0. The third kappa shape index (κ3) is 5.34. The number of aliphatic hydroxyl groups excluding tert-OH is 1. The van der Waals surface area contributed by atoms with Gasteiger partial charge < -0.3 is 19.9 Å². The monoisotopic (exact) mass is 493 g/mol. The van der Waals surface area contributed by atoms with Gasteiger partial charge in [0.2, 0.25) is 0 Å². The summed E-state index contributed by atoms with van der Waals surface area (Å²) in [6, 6.07) is 26.3. The number of rotatable bonds is 6. The number of nitrogens with zero attached hydrogens (tertiary/aromatic N) is 2. The molecular weight excluding hydrogens is 462 g/mol. The molecule has 188 valence electrons. The Morgan fingerprint density at radius 1 is 0.703 bits per heavy atom. The van der Waals surface area contributed by atoms with E-state index in [0.717, 1.165) is 48.7 Å². The van der Waals surface area contributed by atoms with Crippen molar-refractivity contribution < 1.29 is 14.7 Å². The fourth-order valence-electron chi connectivity index (χ4n) is 4.86. The minimum Gasteiger partial charge on any atom is -0.393 e. The summed E-state index contributed by atoms with van der Waals surface area (Å²) in [7, 11) is 0. The second-order valence-corrected chi connectivity index (χ2v) is 9.62. The van der Waals surface area contributed by atoms with Gasteiger partial charge in [-0.2, -0.15) is 0 Å². The molecule has 0 atom stereocenters. The van der Waals surface area contributed by atoms with E-state index in [2.05, 4.69) is 40.8 Å². The molecule has 1 fully saturated rings. The molecule has 0 saturated carbocycles. The van der Waals surface area contributed by atoms with E-state index in [1.807, 2.05) is 48.5 Å². The highest BCUT2D eigenvalue weighted by atomic mass is 16.3. The minimum absolute atomic E-state index is 0.0637. The minimum atomic E-state index is -0.215. The zero-order valence-corrected chi connectivity index (χ0v) is 21.1. The predicted octanol–water partition coefficient (Wildman–Crippen LogP) is 5.54. The van der Waals surface area contributed by atoms with Crippen LogP contribution in [-0.4, -0.2) is 40.6 Å². The average molecular weight is 494 g/mol. The quantitative estimate of drug-likeness (QED) is 0.346. The van der Waals surface area contributed by atoms with Crippen molar-refractivity contribution in [3.63, 3.8) is 0 Å². The number of carbonyl (C=O) groups excluding carboxylic acids is 2. The summed E-state index contributed by atoms with van der Waals surface area (Å²) >= 11 is 0. The van der Waals surface area contributed by atoms with Crippen LogP contribution in [0.2, 0.25) is 0 Å². The van der Waals surface area contributed by atoms with Crippen molar-refractivity contribution in [2.24, 2.45) is 0 Å². The molecule has 0 radical (unpaired) electrons. The van der Waals surface area contributed by atoms with Gasteiger partial charge in [0.1, 0.15) is 0 Å². The highest BCUT2D eigenvalue weighted by Gasteiger charge is 2.18. The van der Waals surface area contributed by atoms with Crippen LogP contribution in [0.4, 0.5) is 11.4 Å². The second-order valence-electron chi connectivity index (χ2n) is 9.62. The van der Waals surface area contributed by atoms with E-state index in [0.29, 0.717) is 22.4 Å². The van der Waals surface area contributed by atoms with Crippen molar-refractivity contribution in [2.75, 3.05) is 23.3 Å². The molecule has 1 aromatic heterocycles. The number of aromatic nitrogens is 1. The lowest BCUT2D eigenvalue weighted by Gasteiger charge is -2.31. The Bertz CT molecular complexity index is 1380. The number of ketones is 1. The number of anilines is 2. The molecular formula is C31H31N3O3. The number of aryl methyl sites for hydroxylation is 2. The van der Waals surface area contributed by atoms with E-state index in [1.54, 1.807) is 24.3 Å². The van der Waals surface area contributed by atoms with Gasteiger partial charge in [0.25, 0.3) is 5.91 Å². The van der Waals surface area contributed by atoms with Crippen LogP contribution >= 0.6 is 0 Å². The van der Waals surface area contributed by atoms with Gasteiger partial charge in [-0.3, -0.25) is 9.59 Å². The molecule has 6 heteroatoms. The number of hydrogen-bond donors (Lipinski definition) is 2. The van der Waals surface area contributed by atoms with Crippen LogP contribution < -0.4 is 10.2 Å². The van der Waals surface area contributed by atoms with Gasteiger partial charge in [-0.1, -0.05) is 0 Å². The summed E-state index contributed by atoms with van der Waals surface area (Å²) in [6.45, 7) is 5.75. The smallest absolute Gasteiger partial charge is 0.255 e. The summed E-state index contributed by atoms with van der Waals surface area (Å²) in [4.78, 5) is 28.0. The summed E-state index contributed by atoms with van der Waals surface area (Å²) in [5.41, 5.74) is 6.75. The first-order chi connectivity index (χ1) is 17.9. The van der Waals surface area contributed by atoms with Crippen molar-refractivity contribution in [2.45, 2.75) is 32.8 Å². The second kappa shape index (κ2) is 10.4. The Labute approximate surface area is 217 Å². The molecule has 0 spiro atoms. The molecule has 0 aliphatic carbocycles. The van der Waals surface area contributed by atoms with Gasteiger partial charge in [-0.05, 0) is 112 Å². The van der Waals surface area contributed by atoms with Crippen LogP contribution in [0.5, 0.6) is 0 Å². The molecule has 1 aliphatic rings. The zero-order valence-electron chi connectivity index (χ0n) is 21.1. The highest BCUT2D eigenvalue weighted by molar-refractivity contribution is 6.09. The Morgan fingerprint density at radius 2 is 1.19 bits per heavy atom. The fourth-order valence-corrected chi connectivity index (χ4v) is 4.86. The SMILES string of the molecule is Cc1ccc(C)n1-c1ccc(C(=O)c2ccc(NC(=O)c3ccc(N4CCC(O)CC4)cc3)cc2)cc1. The fraction of sp³-hybridized carbons (Fsp3) is 0.226. The number of amides is 1. The van der Waals surface area contributed by atoms with E-state index in [4.69, 9.17) is 0 Å². The van der Waals surface area contributed by atoms with Gasteiger partial charge in [-0.25, -0.2) is 0 Å². The molecule has 4 aromatic rings. The molecule has 0 unspecified atom stereocenters. The van der Waals surface area contributed by atoms with Crippen molar-refractivity contribution in [3.8, 4) is 5.69 Å². The van der Waals surface area contributed by atoms with Gasteiger partial charge in [0.15, 0.2) is 5.78 Å². The molecule has 1 saturated heterocycles. The van der Waals surface area contributed by atoms with Crippen LogP contribution in [-0.2, 0) is 0 Å². The van der Waals surface area contributed by atoms with Gasteiger partial charge >= 0.3 is 0 Å². The van der Waals surface area contributed by atoms with Gasteiger partial charge in [-0.15, -0.1) is 0 Å². The molecule has 1 amide bonds. The number of benzene rings is 3. The van der Waals surface area contributed by atoms with Crippen LogP contribution in [0.25, 0.3) is 5.69 Å². The number of nitrogens with one attached hydrogen (secondary N) is 1. The summed E-state index contributed by atoms with van der Waals surface area (Å²) in [5.74, 6) is -0.267. The van der Waals surface area contributed by atoms with Gasteiger partial charge in [0, 0.05) is 58.2 Å². The van der Waals surface area contributed by atoms with Crippen molar-refractivity contribution in [3.05, 3.63) is 113 Å². The summed E-state index contributed by atoms with van der Waals surface area (Å²) in [5, 5.41) is 12.6. The molecule has 0 bridgehead atoms. The number of piperidine rings is 1. The van der Waals surface area contributed by atoms with E-state index in [1.165, 1.54) is 0 Å². The Balaban J connectivity index is 1.21. The molecule has 2 N–H and O–H groups in total. The third-order valence-electron chi connectivity index (χ3n) is 7.02. The standard InChI is InChI=1S/C31H31N3O3/c1-21-3-4-22(2)34(21)28-15-7-24(8-16-28)30(36)23-5-11-26(12-6-23)32-31(37)25-9-13-27(14-10-25)33-19-17-29(35)18-20-33/h3-16,29,35H,17-20H2,1-2H3,(H,32,37). The summed E-state index contributed by atoms with van der Waals surface area (Å²) < 4.78 is 2.15. The normalized spacial score (nSPS) is 14.0. The Hall–Kier alpha value is -4.16. The van der Waals surface area contributed by atoms with E-state index in [-0.39, 0.29) is 17.8 Å². The van der Waals surface area contributed by atoms with Gasteiger partial charge in [0.05, 0.1) is 6.10 Å². The first-order valence-corrected chi connectivity index (χ1v) is 12.6. The van der Waals surface area contributed by atoms with Crippen molar-refractivity contribution >= 4 is 23.1 Å². The number of aliphatic hydroxyl groups is 1. The van der Waals surface area contributed by atoms with E-state index < -0.39 is 0 Å². The maximum absolute atomic E-state index is 13.0. The first-order valence-electron chi connectivity index (χ1n) is 12.6. The maximum atomic E-state index is 13.0.